The Morgan fingerprint density at radius 3 is 2.61 bits per heavy atom. The van der Waals surface area contributed by atoms with Crippen LogP contribution in [0.4, 0.5) is 0 Å². The number of nitrogens with one attached hydrogen (secondary N) is 1. The summed E-state index contributed by atoms with van der Waals surface area (Å²) in [6.45, 7) is 2.13. The molecule has 0 saturated heterocycles. The standard InChI is InChI=1S/C14H19NO2S/c1-9-10(5-4-8-18)6-7-11-12(9)13(16-2)14(15-11)17-3/h6-7,15,18H,4-5,8H2,1-3H3. The summed E-state index contributed by atoms with van der Waals surface area (Å²) >= 11 is 4.27. The predicted molar refractivity (Wildman–Crippen MR) is 78.3 cm³/mol. The fourth-order valence-electron chi connectivity index (χ4n) is 2.32. The van der Waals surface area contributed by atoms with Gasteiger partial charge in [0.1, 0.15) is 0 Å². The molecule has 0 aliphatic heterocycles. The molecule has 98 valence electrons. The third kappa shape index (κ3) is 2.17. The molecule has 0 radical (unpaired) electrons. The molecule has 1 heterocycles. The molecule has 2 rings (SSSR count). The average Bonchev–Trinajstić information content (AvgIpc) is 2.76. The number of methoxy groups -OCH3 is 2. The summed E-state index contributed by atoms with van der Waals surface area (Å²) < 4.78 is 10.8. The number of fused-ring (bicyclic) bond motifs is 1. The van der Waals surface area contributed by atoms with E-state index < -0.39 is 0 Å². The van der Waals surface area contributed by atoms with Gasteiger partial charge in [-0.15, -0.1) is 0 Å². The second kappa shape index (κ2) is 5.57. The summed E-state index contributed by atoms with van der Waals surface area (Å²) in [6, 6.07) is 4.25. The van der Waals surface area contributed by atoms with Gasteiger partial charge in [-0.05, 0) is 42.7 Å². The van der Waals surface area contributed by atoms with Crippen molar-refractivity contribution in [1.29, 1.82) is 0 Å². The van der Waals surface area contributed by atoms with Crippen molar-refractivity contribution in [1.82, 2.24) is 4.98 Å². The summed E-state index contributed by atoms with van der Waals surface area (Å²) in [4.78, 5) is 3.23. The zero-order chi connectivity index (χ0) is 13.1. The number of benzene rings is 1. The first-order valence-electron chi connectivity index (χ1n) is 6.06. The first-order valence-corrected chi connectivity index (χ1v) is 6.69. The number of rotatable bonds is 5. The van der Waals surface area contributed by atoms with Gasteiger partial charge < -0.3 is 14.5 Å². The monoisotopic (exact) mass is 265 g/mol. The Morgan fingerprint density at radius 1 is 1.22 bits per heavy atom. The molecule has 1 N–H and O–H groups in total. The highest BCUT2D eigenvalue weighted by Gasteiger charge is 2.16. The number of aromatic nitrogens is 1. The van der Waals surface area contributed by atoms with E-state index in [1.807, 2.05) is 0 Å². The Hall–Kier alpha value is -1.29. The highest BCUT2D eigenvalue weighted by molar-refractivity contribution is 7.80. The largest absolute Gasteiger partial charge is 0.491 e. The first kappa shape index (κ1) is 13.1. The third-order valence-corrected chi connectivity index (χ3v) is 3.59. The number of thiol groups is 1. The highest BCUT2D eigenvalue weighted by atomic mass is 32.1. The molecule has 0 bridgehead atoms. The molecule has 4 heteroatoms. The van der Waals surface area contributed by atoms with E-state index in [1.54, 1.807) is 14.2 Å². The summed E-state index contributed by atoms with van der Waals surface area (Å²) in [6.07, 6.45) is 2.13. The molecule has 0 fully saturated rings. The van der Waals surface area contributed by atoms with Crippen molar-refractivity contribution in [2.45, 2.75) is 19.8 Å². The van der Waals surface area contributed by atoms with E-state index in [-0.39, 0.29) is 0 Å². The SMILES string of the molecule is COc1[nH]c2ccc(CCCS)c(C)c2c1OC. The van der Waals surface area contributed by atoms with Crippen LogP contribution >= 0.6 is 12.6 Å². The molecule has 1 aromatic carbocycles. The molecular formula is C14H19NO2S. The van der Waals surface area contributed by atoms with Gasteiger partial charge in [0.05, 0.1) is 19.7 Å². The lowest BCUT2D eigenvalue weighted by Crippen LogP contribution is -1.92. The van der Waals surface area contributed by atoms with E-state index in [0.29, 0.717) is 5.88 Å². The van der Waals surface area contributed by atoms with Gasteiger partial charge in [0, 0.05) is 5.39 Å². The van der Waals surface area contributed by atoms with Gasteiger partial charge >= 0.3 is 0 Å². The lowest BCUT2D eigenvalue weighted by atomic mass is 10.0. The number of aryl methyl sites for hydroxylation is 2. The maximum Gasteiger partial charge on any atom is 0.235 e. The minimum absolute atomic E-state index is 0.682. The van der Waals surface area contributed by atoms with Gasteiger partial charge in [-0.1, -0.05) is 6.07 Å². The Bertz CT molecular complexity index is 548. The number of hydrogen-bond acceptors (Lipinski definition) is 3. The summed E-state index contributed by atoms with van der Waals surface area (Å²) in [5.74, 6) is 2.38. The molecule has 0 aliphatic carbocycles. The molecule has 0 atom stereocenters. The fraction of sp³-hybridized carbons (Fsp3) is 0.429. The number of aromatic amines is 1. The van der Waals surface area contributed by atoms with Crippen LogP contribution < -0.4 is 9.47 Å². The van der Waals surface area contributed by atoms with Gasteiger partial charge in [0.2, 0.25) is 5.88 Å². The molecule has 0 aliphatic rings. The van der Waals surface area contributed by atoms with Crippen LogP contribution in [-0.2, 0) is 6.42 Å². The first-order chi connectivity index (χ1) is 8.72. The van der Waals surface area contributed by atoms with Crippen molar-refractivity contribution in [3.8, 4) is 11.6 Å². The van der Waals surface area contributed by atoms with Crippen LogP contribution in [0.2, 0.25) is 0 Å². The van der Waals surface area contributed by atoms with Crippen molar-refractivity contribution in [3.63, 3.8) is 0 Å². The van der Waals surface area contributed by atoms with E-state index in [2.05, 4.69) is 36.7 Å². The van der Waals surface area contributed by atoms with Crippen LogP contribution in [0.1, 0.15) is 17.5 Å². The normalized spacial score (nSPS) is 10.9. The number of ether oxygens (including phenoxy) is 2. The highest BCUT2D eigenvalue weighted by Crippen LogP contribution is 2.38. The molecule has 0 unspecified atom stereocenters. The third-order valence-electron chi connectivity index (χ3n) is 3.27. The van der Waals surface area contributed by atoms with Crippen LogP contribution in [-0.4, -0.2) is 25.0 Å². The van der Waals surface area contributed by atoms with Crippen molar-refractivity contribution >= 4 is 23.5 Å². The molecule has 0 amide bonds. The average molecular weight is 265 g/mol. The van der Waals surface area contributed by atoms with Crippen LogP contribution in [0, 0.1) is 6.92 Å². The van der Waals surface area contributed by atoms with Crippen molar-refractivity contribution in [2.75, 3.05) is 20.0 Å². The topological polar surface area (TPSA) is 34.2 Å². The van der Waals surface area contributed by atoms with Crippen molar-refractivity contribution in [3.05, 3.63) is 23.3 Å². The van der Waals surface area contributed by atoms with Gasteiger partial charge in [0.15, 0.2) is 5.75 Å². The maximum absolute atomic E-state index is 5.46. The number of hydrogen-bond donors (Lipinski definition) is 2. The van der Waals surface area contributed by atoms with Crippen molar-refractivity contribution < 1.29 is 9.47 Å². The lowest BCUT2D eigenvalue weighted by molar-refractivity contribution is 0.350. The second-order valence-electron chi connectivity index (χ2n) is 4.29. The quantitative estimate of drug-likeness (QED) is 0.813. The molecule has 0 spiro atoms. The zero-order valence-electron chi connectivity index (χ0n) is 11.0. The Balaban J connectivity index is 2.57. The fourth-order valence-corrected chi connectivity index (χ4v) is 2.48. The van der Waals surface area contributed by atoms with Crippen LogP contribution in [0.3, 0.4) is 0 Å². The van der Waals surface area contributed by atoms with Crippen LogP contribution in [0.25, 0.3) is 10.9 Å². The van der Waals surface area contributed by atoms with Crippen LogP contribution in [0.15, 0.2) is 12.1 Å². The summed E-state index contributed by atoms with van der Waals surface area (Å²) in [7, 11) is 3.31. The van der Waals surface area contributed by atoms with E-state index in [0.717, 1.165) is 35.2 Å². The minimum Gasteiger partial charge on any atom is -0.491 e. The van der Waals surface area contributed by atoms with E-state index >= 15 is 0 Å². The number of H-pyrrole nitrogens is 1. The Morgan fingerprint density at radius 2 is 2.00 bits per heavy atom. The van der Waals surface area contributed by atoms with Gasteiger partial charge in [-0.25, -0.2) is 0 Å². The molecule has 18 heavy (non-hydrogen) atoms. The maximum atomic E-state index is 5.46. The van der Waals surface area contributed by atoms with Gasteiger partial charge in [-0.2, -0.15) is 12.6 Å². The second-order valence-corrected chi connectivity index (χ2v) is 4.74. The smallest absolute Gasteiger partial charge is 0.235 e. The van der Waals surface area contributed by atoms with Gasteiger partial charge in [-0.3, -0.25) is 0 Å². The Kier molecular flexibility index (Phi) is 4.07. The molecule has 2 aromatic rings. The molecule has 0 saturated carbocycles. The zero-order valence-corrected chi connectivity index (χ0v) is 11.9. The van der Waals surface area contributed by atoms with E-state index in [9.17, 15) is 0 Å². The van der Waals surface area contributed by atoms with Gasteiger partial charge in [0.25, 0.3) is 0 Å². The van der Waals surface area contributed by atoms with Crippen molar-refractivity contribution in [2.24, 2.45) is 0 Å². The predicted octanol–water partition coefficient (Wildman–Crippen LogP) is 3.36. The summed E-state index contributed by atoms with van der Waals surface area (Å²) in [5, 5.41) is 1.12. The summed E-state index contributed by atoms with van der Waals surface area (Å²) in [5.41, 5.74) is 3.65. The molecular weight excluding hydrogens is 246 g/mol. The van der Waals surface area contributed by atoms with E-state index in [4.69, 9.17) is 9.47 Å². The van der Waals surface area contributed by atoms with Crippen LogP contribution in [0.5, 0.6) is 11.6 Å². The van der Waals surface area contributed by atoms with E-state index in [1.165, 1.54) is 11.1 Å². The minimum atomic E-state index is 0.682. The Labute approximate surface area is 113 Å². The molecule has 1 aromatic heterocycles. The lowest BCUT2D eigenvalue weighted by Gasteiger charge is -2.08. The molecule has 3 nitrogen and oxygen atoms in total.